The highest BCUT2D eigenvalue weighted by Crippen LogP contribution is 2.43. The Kier molecular flexibility index (Phi) is 9.35. The van der Waals surface area contributed by atoms with Gasteiger partial charge < -0.3 is 30.0 Å². The smallest absolute Gasteiger partial charge is 0.246 e. The van der Waals surface area contributed by atoms with Crippen molar-refractivity contribution in [2.45, 2.75) is 56.7 Å². The minimum Gasteiger partial charge on any atom is -0.508 e. The molecular formula is C27H44N5O4+. The Balaban J connectivity index is 1.74. The molecule has 0 aromatic heterocycles. The highest BCUT2D eigenvalue weighted by molar-refractivity contribution is 5.99. The number of nitrogens with zero attached hydrogens (tertiary/aromatic N) is 3. The van der Waals surface area contributed by atoms with E-state index >= 15 is 0 Å². The van der Waals surface area contributed by atoms with E-state index in [1.165, 1.54) is 0 Å². The third-order valence-corrected chi connectivity index (χ3v) is 7.14. The molecule has 2 saturated heterocycles. The standard InChI is InChI=1S/C27H43N5O4/c1-30(2)16-8-7-15-28-25(34)21-18-23-26(35)29-22(10-6-9-17-32(3,4)5)27(36)31(23)24(21)19-11-13-20(33)14-12-19/h11-14,21-24H,6-10,15-18H2,1-5H3,(H2-,28,29,33,34,35)/p+1/t21-,22-,23-,24-/m0/s1. The number of hydrogen-bond donors (Lipinski definition) is 3. The molecule has 1 aromatic carbocycles. The van der Waals surface area contributed by atoms with Crippen LogP contribution in [0.3, 0.4) is 0 Å². The molecule has 2 heterocycles. The third-order valence-electron chi connectivity index (χ3n) is 7.14. The second-order valence-corrected chi connectivity index (χ2v) is 11.5. The lowest BCUT2D eigenvalue weighted by molar-refractivity contribution is -0.870. The molecule has 2 aliphatic rings. The molecule has 0 bridgehead atoms. The number of rotatable bonds is 12. The lowest BCUT2D eigenvalue weighted by Gasteiger charge is -2.38. The van der Waals surface area contributed by atoms with Gasteiger partial charge >= 0.3 is 0 Å². The number of nitrogens with one attached hydrogen (secondary N) is 2. The van der Waals surface area contributed by atoms with Crippen LogP contribution in [0.15, 0.2) is 24.3 Å². The summed E-state index contributed by atoms with van der Waals surface area (Å²) in [6.07, 6.45) is 4.52. The van der Waals surface area contributed by atoms with Gasteiger partial charge in [-0.15, -0.1) is 0 Å². The Bertz CT molecular complexity index is 912. The number of amides is 3. The van der Waals surface area contributed by atoms with E-state index in [0.717, 1.165) is 48.8 Å². The number of hydrogen-bond acceptors (Lipinski definition) is 5. The van der Waals surface area contributed by atoms with E-state index < -0.39 is 24.0 Å². The zero-order valence-electron chi connectivity index (χ0n) is 22.5. The number of carbonyl (C=O) groups excluding carboxylic acids is 3. The molecular weight excluding hydrogens is 458 g/mol. The Morgan fingerprint density at radius 1 is 1.11 bits per heavy atom. The van der Waals surface area contributed by atoms with Crippen molar-refractivity contribution < 1.29 is 24.0 Å². The lowest BCUT2D eigenvalue weighted by Crippen LogP contribution is -2.61. The molecule has 2 fully saturated rings. The zero-order chi connectivity index (χ0) is 26.5. The number of quaternary nitrogens is 1. The van der Waals surface area contributed by atoms with Crippen LogP contribution in [0.5, 0.6) is 5.75 Å². The van der Waals surface area contributed by atoms with Crippen LogP contribution in [0.1, 0.15) is 50.1 Å². The first kappa shape index (κ1) is 27.9. The summed E-state index contributed by atoms with van der Waals surface area (Å²) in [5.41, 5.74) is 0.759. The van der Waals surface area contributed by atoms with Gasteiger partial charge in [0.2, 0.25) is 17.7 Å². The van der Waals surface area contributed by atoms with E-state index in [1.54, 1.807) is 29.2 Å². The van der Waals surface area contributed by atoms with Crippen LogP contribution >= 0.6 is 0 Å². The fraction of sp³-hybridized carbons (Fsp3) is 0.667. The number of phenolic OH excluding ortho intramolecular Hbond substituents is 1. The molecule has 200 valence electrons. The topological polar surface area (TPSA) is 102 Å². The molecule has 9 nitrogen and oxygen atoms in total. The molecule has 1 aromatic rings. The van der Waals surface area contributed by atoms with Crippen LogP contribution in [0.4, 0.5) is 0 Å². The molecule has 3 rings (SSSR count). The lowest BCUT2D eigenvalue weighted by atomic mass is 9.92. The van der Waals surface area contributed by atoms with Crippen molar-refractivity contribution in [3.63, 3.8) is 0 Å². The SMILES string of the molecule is CN(C)CCCCNC(=O)[C@H]1C[C@H]2C(=O)N[C@@H](CCCC[N+](C)(C)C)C(=O)N2[C@H]1c1ccc(O)cc1. The quantitative estimate of drug-likeness (QED) is 0.297. The first-order valence-corrected chi connectivity index (χ1v) is 13.1. The third kappa shape index (κ3) is 7.20. The van der Waals surface area contributed by atoms with Crippen molar-refractivity contribution in [2.75, 3.05) is 54.9 Å². The monoisotopic (exact) mass is 502 g/mol. The number of aromatic hydroxyl groups is 1. The molecule has 3 amide bonds. The van der Waals surface area contributed by atoms with Crippen LogP contribution in [0.2, 0.25) is 0 Å². The molecule has 36 heavy (non-hydrogen) atoms. The number of piperazine rings is 1. The molecule has 3 N–H and O–H groups in total. The van der Waals surface area contributed by atoms with Gasteiger partial charge in [0.1, 0.15) is 17.8 Å². The van der Waals surface area contributed by atoms with E-state index in [4.69, 9.17) is 0 Å². The normalized spacial score (nSPS) is 24.1. The molecule has 9 heteroatoms. The molecule has 0 spiro atoms. The van der Waals surface area contributed by atoms with E-state index in [-0.39, 0.29) is 23.5 Å². The summed E-state index contributed by atoms with van der Waals surface area (Å²) in [6.45, 7) is 2.51. The molecule has 0 radical (unpaired) electrons. The van der Waals surface area contributed by atoms with Gasteiger partial charge in [0, 0.05) is 6.54 Å². The maximum absolute atomic E-state index is 13.6. The highest BCUT2D eigenvalue weighted by atomic mass is 16.3. The maximum Gasteiger partial charge on any atom is 0.246 e. The van der Waals surface area contributed by atoms with Gasteiger partial charge in [-0.25, -0.2) is 0 Å². The Labute approximate surface area is 215 Å². The van der Waals surface area contributed by atoms with Crippen molar-refractivity contribution in [3.05, 3.63) is 29.8 Å². The second-order valence-electron chi connectivity index (χ2n) is 11.5. The van der Waals surface area contributed by atoms with Crippen molar-refractivity contribution in [1.82, 2.24) is 20.4 Å². The van der Waals surface area contributed by atoms with E-state index in [9.17, 15) is 19.5 Å². The van der Waals surface area contributed by atoms with Gasteiger partial charge in [0.05, 0.1) is 39.6 Å². The van der Waals surface area contributed by atoms with E-state index in [0.29, 0.717) is 19.4 Å². The molecule has 0 unspecified atom stereocenters. The summed E-state index contributed by atoms with van der Waals surface area (Å²) >= 11 is 0. The average molecular weight is 503 g/mol. The Morgan fingerprint density at radius 2 is 1.81 bits per heavy atom. The van der Waals surface area contributed by atoms with Gasteiger partial charge in [0.15, 0.2) is 0 Å². The molecule has 0 aliphatic carbocycles. The van der Waals surface area contributed by atoms with Crippen LogP contribution in [-0.2, 0) is 14.4 Å². The number of unbranched alkanes of at least 4 members (excludes halogenated alkanes) is 2. The van der Waals surface area contributed by atoms with Crippen LogP contribution in [-0.4, -0.2) is 104 Å². The largest absolute Gasteiger partial charge is 0.508 e. The summed E-state index contributed by atoms with van der Waals surface area (Å²) in [6, 6.07) is 4.85. The van der Waals surface area contributed by atoms with Gasteiger partial charge in [0.25, 0.3) is 0 Å². The predicted octanol–water partition coefficient (Wildman–Crippen LogP) is 1.48. The molecule has 4 atom stereocenters. The molecule has 2 aliphatic heterocycles. The first-order valence-electron chi connectivity index (χ1n) is 13.1. The Hall–Kier alpha value is -2.65. The van der Waals surface area contributed by atoms with Crippen molar-refractivity contribution in [2.24, 2.45) is 5.92 Å². The number of fused-ring (bicyclic) bond motifs is 1. The minimum absolute atomic E-state index is 0.119. The number of phenols is 1. The Morgan fingerprint density at radius 3 is 2.44 bits per heavy atom. The van der Waals surface area contributed by atoms with Crippen LogP contribution in [0.25, 0.3) is 0 Å². The van der Waals surface area contributed by atoms with Crippen LogP contribution in [0, 0.1) is 5.92 Å². The van der Waals surface area contributed by atoms with Gasteiger partial charge in [-0.2, -0.15) is 0 Å². The number of carbonyl (C=O) groups is 3. The van der Waals surface area contributed by atoms with Crippen molar-refractivity contribution in [3.8, 4) is 5.75 Å². The van der Waals surface area contributed by atoms with E-state index in [1.807, 2.05) is 14.1 Å². The summed E-state index contributed by atoms with van der Waals surface area (Å²) in [5.74, 6) is -0.846. The van der Waals surface area contributed by atoms with Crippen LogP contribution < -0.4 is 10.6 Å². The second kappa shape index (κ2) is 12.1. The van der Waals surface area contributed by atoms with Crippen molar-refractivity contribution >= 4 is 17.7 Å². The fourth-order valence-corrected chi connectivity index (χ4v) is 5.25. The zero-order valence-corrected chi connectivity index (χ0v) is 22.5. The number of benzene rings is 1. The molecule has 0 saturated carbocycles. The summed E-state index contributed by atoms with van der Waals surface area (Å²) in [7, 11) is 10.5. The van der Waals surface area contributed by atoms with E-state index in [2.05, 4.69) is 36.7 Å². The summed E-state index contributed by atoms with van der Waals surface area (Å²) in [5, 5.41) is 15.8. The van der Waals surface area contributed by atoms with Gasteiger partial charge in [-0.05, 0) is 76.9 Å². The van der Waals surface area contributed by atoms with Crippen molar-refractivity contribution in [1.29, 1.82) is 0 Å². The maximum atomic E-state index is 13.6. The average Bonchev–Trinajstić information content (AvgIpc) is 3.21. The summed E-state index contributed by atoms with van der Waals surface area (Å²) < 4.78 is 0.855. The fourth-order valence-electron chi connectivity index (χ4n) is 5.25. The highest BCUT2D eigenvalue weighted by Gasteiger charge is 2.54. The predicted molar refractivity (Wildman–Crippen MR) is 139 cm³/mol. The first-order chi connectivity index (χ1) is 17.0. The van der Waals surface area contributed by atoms with Gasteiger partial charge in [-0.1, -0.05) is 12.1 Å². The minimum atomic E-state index is -0.664. The van der Waals surface area contributed by atoms with Gasteiger partial charge in [-0.3, -0.25) is 14.4 Å². The summed E-state index contributed by atoms with van der Waals surface area (Å²) in [4.78, 5) is 43.8.